The number of halogens is 1. The van der Waals surface area contributed by atoms with Crippen LogP contribution >= 0.6 is 24.0 Å². The molecule has 1 aromatic rings. The lowest BCUT2D eigenvalue weighted by atomic mass is 10.0. The Balaban J connectivity index is 0.00000300. The predicted molar refractivity (Wildman–Crippen MR) is 129 cm³/mol. The summed E-state index contributed by atoms with van der Waals surface area (Å²) in [6, 6.07) is 4.34. The number of guanidine groups is 1. The molecule has 1 aliphatic carbocycles. The van der Waals surface area contributed by atoms with Crippen molar-refractivity contribution in [3.8, 4) is 0 Å². The van der Waals surface area contributed by atoms with Crippen molar-refractivity contribution < 1.29 is 9.15 Å². The molecule has 7 heteroatoms. The number of piperidine rings is 1. The molecule has 2 fully saturated rings. The topological polar surface area (TPSA) is 62.0 Å². The molecule has 1 aromatic heterocycles. The first-order chi connectivity index (χ1) is 13.8. The molecule has 29 heavy (non-hydrogen) atoms. The lowest BCUT2D eigenvalue weighted by Crippen LogP contribution is -2.44. The fourth-order valence-corrected chi connectivity index (χ4v) is 4.00. The molecule has 1 aliphatic heterocycles. The van der Waals surface area contributed by atoms with Crippen molar-refractivity contribution in [1.82, 2.24) is 15.5 Å². The Hall–Kier alpha value is -0.800. The molecular formula is C22H39IN4O2. The molecule has 1 saturated carbocycles. The van der Waals surface area contributed by atoms with Gasteiger partial charge in [0.25, 0.3) is 0 Å². The quantitative estimate of drug-likeness (QED) is 0.199. The van der Waals surface area contributed by atoms with Gasteiger partial charge in [-0.3, -0.25) is 9.89 Å². The van der Waals surface area contributed by atoms with Crippen LogP contribution in [0.1, 0.15) is 64.2 Å². The van der Waals surface area contributed by atoms with Crippen molar-refractivity contribution in [3.05, 3.63) is 24.2 Å². The monoisotopic (exact) mass is 518 g/mol. The predicted octanol–water partition coefficient (Wildman–Crippen LogP) is 4.19. The summed E-state index contributed by atoms with van der Waals surface area (Å²) < 4.78 is 11.3. The van der Waals surface area contributed by atoms with Gasteiger partial charge in [0.05, 0.1) is 12.3 Å². The van der Waals surface area contributed by atoms with Gasteiger partial charge < -0.3 is 19.8 Å². The van der Waals surface area contributed by atoms with Gasteiger partial charge in [-0.25, -0.2) is 0 Å². The maximum atomic E-state index is 5.76. The van der Waals surface area contributed by atoms with Crippen LogP contribution in [0.15, 0.2) is 27.8 Å². The summed E-state index contributed by atoms with van der Waals surface area (Å²) in [5.41, 5.74) is 0.366. The molecule has 1 atom stereocenters. The van der Waals surface area contributed by atoms with Crippen molar-refractivity contribution in [2.45, 2.75) is 58.4 Å². The van der Waals surface area contributed by atoms with E-state index in [2.05, 4.69) is 35.4 Å². The van der Waals surface area contributed by atoms with Crippen LogP contribution in [-0.4, -0.2) is 56.8 Å². The van der Waals surface area contributed by atoms with Crippen LogP contribution in [0, 0.1) is 5.41 Å². The van der Waals surface area contributed by atoms with Gasteiger partial charge in [-0.15, -0.1) is 24.0 Å². The fraction of sp³-hybridized carbons (Fsp3) is 0.773. The summed E-state index contributed by atoms with van der Waals surface area (Å²) in [6.45, 7) is 10.7. The Morgan fingerprint density at radius 1 is 1.24 bits per heavy atom. The summed E-state index contributed by atoms with van der Waals surface area (Å²) >= 11 is 0. The number of aliphatic imine (C=N–C) groups is 1. The SMILES string of the molecule is CCNC(=NCC1(CCOCC)CC1)NCC(c1ccco1)N1CCCCC1.I. The van der Waals surface area contributed by atoms with Gasteiger partial charge in [0.15, 0.2) is 5.96 Å². The average Bonchev–Trinajstić information content (AvgIpc) is 3.28. The number of nitrogens with one attached hydrogen (secondary N) is 2. The minimum Gasteiger partial charge on any atom is -0.468 e. The molecule has 3 rings (SSSR count). The first kappa shape index (κ1) is 24.5. The third-order valence-electron chi connectivity index (χ3n) is 6.02. The van der Waals surface area contributed by atoms with E-state index in [1.54, 1.807) is 6.26 Å². The lowest BCUT2D eigenvalue weighted by Gasteiger charge is -2.33. The Labute approximate surface area is 193 Å². The van der Waals surface area contributed by atoms with Crippen molar-refractivity contribution in [2.24, 2.45) is 10.4 Å². The third-order valence-corrected chi connectivity index (χ3v) is 6.02. The molecule has 2 heterocycles. The summed E-state index contributed by atoms with van der Waals surface area (Å²) in [6.07, 6.45) is 9.31. The van der Waals surface area contributed by atoms with Crippen LogP contribution in [0.5, 0.6) is 0 Å². The fourth-order valence-electron chi connectivity index (χ4n) is 4.00. The van der Waals surface area contributed by atoms with Crippen LogP contribution < -0.4 is 10.6 Å². The second-order valence-electron chi connectivity index (χ2n) is 8.15. The van der Waals surface area contributed by atoms with E-state index in [0.717, 1.165) is 64.1 Å². The van der Waals surface area contributed by atoms with Crippen molar-refractivity contribution in [3.63, 3.8) is 0 Å². The van der Waals surface area contributed by atoms with Gasteiger partial charge in [0, 0.05) is 32.8 Å². The number of rotatable bonds is 11. The maximum Gasteiger partial charge on any atom is 0.191 e. The van der Waals surface area contributed by atoms with Crippen LogP contribution in [0.3, 0.4) is 0 Å². The molecular weight excluding hydrogens is 479 g/mol. The molecule has 1 unspecified atom stereocenters. The van der Waals surface area contributed by atoms with Crippen molar-refractivity contribution in [2.75, 3.05) is 45.9 Å². The highest BCUT2D eigenvalue weighted by atomic mass is 127. The Kier molecular flexibility index (Phi) is 10.8. The summed E-state index contributed by atoms with van der Waals surface area (Å²) in [5, 5.41) is 6.99. The number of likely N-dealkylation sites (tertiary alicyclic amines) is 1. The van der Waals surface area contributed by atoms with E-state index in [1.165, 1.54) is 32.1 Å². The van der Waals surface area contributed by atoms with Gasteiger partial charge in [0.1, 0.15) is 5.76 Å². The first-order valence-corrected chi connectivity index (χ1v) is 11.1. The number of hydrogen-bond acceptors (Lipinski definition) is 4. The standard InChI is InChI=1S/C22H38N4O2.HI/c1-3-23-21(25-18-22(10-11-22)12-16-27-4-2)24-17-19(20-9-8-15-28-20)26-13-6-5-7-14-26;/h8-9,15,19H,3-7,10-14,16-18H2,1-2H3,(H2,23,24,25);1H. The smallest absolute Gasteiger partial charge is 0.191 e. The highest BCUT2D eigenvalue weighted by molar-refractivity contribution is 14.0. The number of hydrogen-bond donors (Lipinski definition) is 2. The van der Waals surface area contributed by atoms with Crippen LogP contribution in [0.2, 0.25) is 0 Å². The Bertz CT molecular complexity index is 584. The summed E-state index contributed by atoms with van der Waals surface area (Å²) in [5.74, 6) is 1.96. The van der Waals surface area contributed by atoms with Gasteiger partial charge in [0.2, 0.25) is 0 Å². The molecule has 6 nitrogen and oxygen atoms in total. The number of furan rings is 1. The van der Waals surface area contributed by atoms with E-state index in [-0.39, 0.29) is 30.0 Å². The molecule has 0 aromatic carbocycles. The van der Waals surface area contributed by atoms with Crippen LogP contribution in [0.25, 0.3) is 0 Å². The van der Waals surface area contributed by atoms with Gasteiger partial charge in [-0.05, 0) is 76.6 Å². The number of ether oxygens (including phenoxy) is 1. The maximum absolute atomic E-state index is 5.76. The normalized spacial score (nSPS) is 20.0. The minimum absolute atomic E-state index is 0. The second-order valence-corrected chi connectivity index (χ2v) is 8.15. The first-order valence-electron chi connectivity index (χ1n) is 11.1. The van der Waals surface area contributed by atoms with Crippen molar-refractivity contribution >= 4 is 29.9 Å². The lowest BCUT2D eigenvalue weighted by molar-refractivity contribution is 0.129. The van der Waals surface area contributed by atoms with E-state index >= 15 is 0 Å². The molecule has 1 saturated heterocycles. The average molecular weight is 518 g/mol. The van der Waals surface area contributed by atoms with E-state index < -0.39 is 0 Å². The largest absolute Gasteiger partial charge is 0.468 e. The van der Waals surface area contributed by atoms with Crippen molar-refractivity contribution in [1.29, 1.82) is 0 Å². The molecule has 0 radical (unpaired) electrons. The molecule has 0 spiro atoms. The van der Waals surface area contributed by atoms with Gasteiger partial charge >= 0.3 is 0 Å². The van der Waals surface area contributed by atoms with Gasteiger partial charge in [-0.2, -0.15) is 0 Å². The third kappa shape index (κ3) is 7.75. The Morgan fingerprint density at radius 3 is 2.66 bits per heavy atom. The minimum atomic E-state index is 0. The Morgan fingerprint density at radius 2 is 2.03 bits per heavy atom. The van der Waals surface area contributed by atoms with Crippen LogP contribution in [-0.2, 0) is 4.74 Å². The van der Waals surface area contributed by atoms with E-state index in [0.29, 0.717) is 5.41 Å². The highest BCUT2D eigenvalue weighted by Crippen LogP contribution is 2.49. The zero-order valence-corrected chi connectivity index (χ0v) is 20.5. The summed E-state index contributed by atoms with van der Waals surface area (Å²) in [7, 11) is 0. The molecule has 166 valence electrons. The highest BCUT2D eigenvalue weighted by Gasteiger charge is 2.42. The molecule has 0 bridgehead atoms. The molecule has 2 aliphatic rings. The van der Waals surface area contributed by atoms with E-state index in [4.69, 9.17) is 14.1 Å². The zero-order chi connectivity index (χ0) is 19.7. The van der Waals surface area contributed by atoms with Gasteiger partial charge in [-0.1, -0.05) is 6.42 Å². The van der Waals surface area contributed by atoms with Crippen LogP contribution in [0.4, 0.5) is 0 Å². The summed E-state index contributed by atoms with van der Waals surface area (Å²) in [4.78, 5) is 7.46. The molecule has 2 N–H and O–H groups in total. The zero-order valence-electron chi connectivity index (χ0n) is 18.1. The van der Waals surface area contributed by atoms with E-state index in [1.807, 2.05) is 6.07 Å². The number of nitrogens with zero attached hydrogens (tertiary/aromatic N) is 2. The second kappa shape index (κ2) is 12.8. The van der Waals surface area contributed by atoms with E-state index in [9.17, 15) is 0 Å². The molecule has 0 amide bonds.